The highest BCUT2D eigenvalue weighted by atomic mass is 19.1. The summed E-state index contributed by atoms with van der Waals surface area (Å²) in [7, 11) is 0. The fourth-order valence-corrected chi connectivity index (χ4v) is 4.20. The number of hydrogen-bond donors (Lipinski definition) is 0. The van der Waals surface area contributed by atoms with Crippen LogP contribution in [0.4, 0.5) is 4.39 Å². The van der Waals surface area contributed by atoms with E-state index in [1.807, 2.05) is 42.5 Å². The van der Waals surface area contributed by atoms with Gasteiger partial charge in [-0.05, 0) is 54.4 Å². The Morgan fingerprint density at radius 1 is 1.10 bits per heavy atom. The van der Waals surface area contributed by atoms with Gasteiger partial charge in [-0.1, -0.05) is 43.0 Å². The molecule has 2 heterocycles. The standard InChI is InChI=1S/C27H24FNO2/c1-3-23-24-14-22(31-15-19-7-5-4-6-8-19)10-12-26(24)29(27(23)20-16-30-17-20)21-9-11-25(28)18(2)13-21/h3-14,20H,1,15-17H2,2H3. The maximum atomic E-state index is 14.0. The van der Waals surface area contributed by atoms with E-state index in [9.17, 15) is 4.39 Å². The second-order valence-electron chi connectivity index (χ2n) is 7.96. The Kier molecular flexibility index (Phi) is 5.08. The molecule has 3 nitrogen and oxygen atoms in total. The molecule has 0 radical (unpaired) electrons. The molecule has 0 atom stereocenters. The summed E-state index contributed by atoms with van der Waals surface area (Å²) in [6, 6.07) is 21.5. The van der Waals surface area contributed by atoms with Crippen LogP contribution in [0, 0.1) is 12.7 Å². The van der Waals surface area contributed by atoms with Crippen molar-refractivity contribution in [3.63, 3.8) is 0 Å². The molecule has 0 bridgehead atoms. The lowest BCUT2D eigenvalue weighted by atomic mass is 9.98. The number of rotatable bonds is 6. The van der Waals surface area contributed by atoms with Crippen molar-refractivity contribution in [2.75, 3.05) is 13.2 Å². The van der Waals surface area contributed by atoms with Crippen molar-refractivity contribution in [1.82, 2.24) is 4.57 Å². The van der Waals surface area contributed by atoms with E-state index in [1.54, 1.807) is 6.92 Å². The molecule has 0 spiro atoms. The molecule has 1 fully saturated rings. The first kappa shape index (κ1) is 19.6. The van der Waals surface area contributed by atoms with Crippen molar-refractivity contribution in [2.45, 2.75) is 19.4 Å². The predicted molar refractivity (Wildman–Crippen MR) is 122 cm³/mol. The van der Waals surface area contributed by atoms with Gasteiger partial charge in [0.25, 0.3) is 0 Å². The van der Waals surface area contributed by atoms with Crippen molar-refractivity contribution >= 4 is 17.0 Å². The highest BCUT2D eigenvalue weighted by Gasteiger charge is 2.29. The number of aromatic nitrogens is 1. The molecule has 4 aromatic rings. The van der Waals surface area contributed by atoms with Crippen LogP contribution < -0.4 is 4.74 Å². The Morgan fingerprint density at radius 3 is 2.58 bits per heavy atom. The number of ether oxygens (including phenoxy) is 2. The summed E-state index contributed by atoms with van der Waals surface area (Å²) >= 11 is 0. The zero-order valence-corrected chi connectivity index (χ0v) is 17.5. The second kappa shape index (κ2) is 8.05. The summed E-state index contributed by atoms with van der Waals surface area (Å²) in [5.41, 5.74) is 5.97. The molecule has 0 N–H and O–H groups in total. The summed E-state index contributed by atoms with van der Waals surface area (Å²) < 4.78 is 27.7. The van der Waals surface area contributed by atoms with Crippen LogP contribution >= 0.6 is 0 Å². The van der Waals surface area contributed by atoms with E-state index in [-0.39, 0.29) is 11.7 Å². The molecule has 156 valence electrons. The molecule has 31 heavy (non-hydrogen) atoms. The third-order valence-corrected chi connectivity index (χ3v) is 5.89. The Labute approximate surface area is 181 Å². The van der Waals surface area contributed by atoms with Crippen LogP contribution in [0.15, 0.2) is 73.3 Å². The van der Waals surface area contributed by atoms with Gasteiger partial charge in [0.1, 0.15) is 18.2 Å². The quantitative estimate of drug-likeness (QED) is 0.364. The molecule has 0 amide bonds. The van der Waals surface area contributed by atoms with E-state index in [2.05, 4.69) is 35.4 Å². The lowest BCUT2D eigenvalue weighted by molar-refractivity contribution is 0.00615. The average Bonchev–Trinajstić information content (AvgIpc) is 3.06. The maximum Gasteiger partial charge on any atom is 0.126 e. The Morgan fingerprint density at radius 2 is 1.90 bits per heavy atom. The monoisotopic (exact) mass is 413 g/mol. The molecule has 1 aliphatic heterocycles. The lowest BCUT2D eigenvalue weighted by Crippen LogP contribution is -2.27. The van der Waals surface area contributed by atoms with Crippen LogP contribution in [0.5, 0.6) is 5.75 Å². The van der Waals surface area contributed by atoms with E-state index in [1.165, 1.54) is 6.07 Å². The van der Waals surface area contributed by atoms with Gasteiger partial charge in [-0.2, -0.15) is 0 Å². The van der Waals surface area contributed by atoms with Gasteiger partial charge in [-0.25, -0.2) is 4.39 Å². The maximum absolute atomic E-state index is 14.0. The average molecular weight is 413 g/mol. The summed E-state index contributed by atoms with van der Waals surface area (Å²) in [5.74, 6) is 0.886. The fourth-order valence-electron chi connectivity index (χ4n) is 4.20. The van der Waals surface area contributed by atoms with Gasteiger partial charge >= 0.3 is 0 Å². The molecule has 3 aromatic carbocycles. The van der Waals surface area contributed by atoms with Gasteiger partial charge in [0, 0.05) is 28.2 Å². The van der Waals surface area contributed by atoms with Gasteiger partial charge in [-0.15, -0.1) is 0 Å². The lowest BCUT2D eigenvalue weighted by Gasteiger charge is -2.28. The van der Waals surface area contributed by atoms with Crippen LogP contribution in [-0.4, -0.2) is 17.8 Å². The number of fused-ring (bicyclic) bond motifs is 1. The number of aryl methyl sites for hydroxylation is 1. The zero-order chi connectivity index (χ0) is 21.4. The summed E-state index contributed by atoms with van der Waals surface area (Å²) in [6.07, 6.45) is 1.91. The van der Waals surface area contributed by atoms with E-state index in [4.69, 9.17) is 9.47 Å². The smallest absolute Gasteiger partial charge is 0.126 e. The predicted octanol–water partition coefficient (Wildman–Crippen LogP) is 6.41. The summed E-state index contributed by atoms with van der Waals surface area (Å²) in [6.45, 7) is 7.74. The minimum Gasteiger partial charge on any atom is -0.489 e. The van der Waals surface area contributed by atoms with Crippen molar-refractivity contribution in [1.29, 1.82) is 0 Å². The molecule has 1 saturated heterocycles. The van der Waals surface area contributed by atoms with Gasteiger partial charge in [0.2, 0.25) is 0 Å². The second-order valence-corrected chi connectivity index (χ2v) is 7.96. The van der Waals surface area contributed by atoms with Crippen LogP contribution in [0.2, 0.25) is 0 Å². The highest BCUT2D eigenvalue weighted by Crippen LogP contribution is 2.39. The van der Waals surface area contributed by atoms with Gasteiger partial charge in [0.15, 0.2) is 0 Å². The molecule has 1 aromatic heterocycles. The summed E-state index contributed by atoms with van der Waals surface area (Å²) in [4.78, 5) is 0. The fraction of sp³-hybridized carbons (Fsp3) is 0.185. The third-order valence-electron chi connectivity index (χ3n) is 5.89. The first-order chi connectivity index (χ1) is 15.2. The SMILES string of the molecule is C=Cc1c(C2COC2)n(-c2ccc(F)c(C)c2)c2ccc(OCc3ccccc3)cc12. The molecule has 0 saturated carbocycles. The number of nitrogens with zero attached hydrogens (tertiary/aromatic N) is 1. The number of halogens is 1. The number of benzene rings is 3. The van der Waals surface area contributed by atoms with E-state index in [0.717, 1.165) is 39.2 Å². The Hall–Kier alpha value is -3.37. The molecular weight excluding hydrogens is 389 g/mol. The van der Waals surface area contributed by atoms with E-state index in [0.29, 0.717) is 25.4 Å². The van der Waals surface area contributed by atoms with E-state index >= 15 is 0 Å². The third kappa shape index (κ3) is 3.53. The molecule has 5 rings (SSSR count). The molecule has 4 heteroatoms. The van der Waals surface area contributed by atoms with Crippen molar-refractivity contribution in [3.8, 4) is 11.4 Å². The zero-order valence-electron chi connectivity index (χ0n) is 17.5. The van der Waals surface area contributed by atoms with Crippen LogP contribution in [0.1, 0.15) is 28.3 Å². The normalized spacial score (nSPS) is 13.9. The van der Waals surface area contributed by atoms with Crippen molar-refractivity contribution < 1.29 is 13.9 Å². The van der Waals surface area contributed by atoms with Gasteiger partial charge in [0.05, 0.1) is 18.7 Å². The van der Waals surface area contributed by atoms with Crippen molar-refractivity contribution in [3.05, 3.63) is 102 Å². The first-order valence-corrected chi connectivity index (χ1v) is 10.5. The molecule has 0 unspecified atom stereocenters. The topological polar surface area (TPSA) is 23.4 Å². The van der Waals surface area contributed by atoms with E-state index < -0.39 is 0 Å². The largest absolute Gasteiger partial charge is 0.489 e. The summed E-state index contributed by atoms with van der Waals surface area (Å²) in [5, 5.41) is 1.07. The minimum absolute atomic E-state index is 0.200. The van der Waals surface area contributed by atoms with Crippen LogP contribution in [0.3, 0.4) is 0 Å². The van der Waals surface area contributed by atoms with Crippen LogP contribution in [-0.2, 0) is 11.3 Å². The first-order valence-electron chi connectivity index (χ1n) is 10.5. The minimum atomic E-state index is -0.200. The van der Waals surface area contributed by atoms with Crippen molar-refractivity contribution in [2.24, 2.45) is 0 Å². The van der Waals surface area contributed by atoms with Crippen LogP contribution in [0.25, 0.3) is 22.7 Å². The molecular formula is C27H24FNO2. The Balaban J connectivity index is 1.63. The van der Waals surface area contributed by atoms with Gasteiger partial charge < -0.3 is 14.0 Å². The Bertz CT molecular complexity index is 1260. The highest BCUT2D eigenvalue weighted by molar-refractivity contribution is 5.94. The van der Waals surface area contributed by atoms with Gasteiger partial charge in [-0.3, -0.25) is 0 Å². The molecule has 1 aliphatic rings. The molecule has 0 aliphatic carbocycles. The number of hydrogen-bond acceptors (Lipinski definition) is 2.